The topological polar surface area (TPSA) is 56.5 Å². The summed E-state index contributed by atoms with van der Waals surface area (Å²) in [7, 11) is 0. The summed E-state index contributed by atoms with van der Waals surface area (Å²) in [5.41, 5.74) is 19.3. The first kappa shape index (κ1) is 65.4. The van der Waals surface area contributed by atoms with Crippen LogP contribution in [0.3, 0.4) is 0 Å². The van der Waals surface area contributed by atoms with Gasteiger partial charge in [0, 0.05) is 146 Å². The third-order valence-electron chi connectivity index (χ3n) is 21.9. The summed E-state index contributed by atoms with van der Waals surface area (Å²) in [6.45, 7) is 0. The molecule has 1 aliphatic carbocycles. The fourth-order valence-electron chi connectivity index (χ4n) is 16.8. The standard InChI is InChI=1S/C50H29N3S2.C28H17BrN2S.C23H14S/c1-2-12-30(13-3-1)40-29-41(32-24-27-45-39(28-32)34-14-7-10-20-43(34)54-45)52-50(51-40)31-22-25-33(26-23-31)53-42-19-9-6-17-37(42)46-35-15-4-5-16-36(35)49-47(48(46)53)38-18-8-11-21-44(38)55-49;29-21-13-10-19(11-14-21)28-30-24(18-6-2-1-3-7-18)17-25(31-28)20-12-15-27-23(16-20)22-8-4-5-9-26(22)32-27;1-2-8-15-14(7-1)13-19-21(15)16-9-3-4-10-17(16)23-22(19)18-11-5-6-12-20(18)24-23/h1-29H;1-17H;1-12H,13H2. The highest BCUT2D eigenvalue weighted by atomic mass is 79.9. The van der Waals surface area contributed by atoms with Crippen LogP contribution in [0.25, 0.3) is 209 Å². The highest BCUT2D eigenvalue weighted by Crippen LogP contribution is 2.52. The van der Waals surface area contributed by atoms with E-state index in [1.54, 1.807) is 0 Å². The molecule has 5 nitrogen and oxygen atoms in total. The van der Waals surface area contributed by atoms with Gasteiger partial charge in [0.1, 0.15) is 0 Å². The van der Waals surface area contributed by atoms with E-state index in [2.05, 4.69) is 324 Å². The fraction of sp³-hybridized carbons (Fsp3) is 0.00990. The van der Waals surface area contributed by atoms with Crippen LogP contribution in [0.2, 0.25) is 0 Å². The second-order valence-electron chi connectivity index (χ2n) is 28.3. The molecule has 0 spiro atoms. The Morgan fingerprint density at radius 2 is 0.667 bits per heavy atom. The Morgan fingerprint density at radius 3 is 1.23 bits per heavy atom. The van der Waals surface area contributed by atoms with Gasteiger partial charge in [-0.05, 0) is 143 Å². The van der Waals surface area contributed by atoms with E-state index in [1.165, 1.54) is 146 Å². The van der Waals surface area contributed by atoms with E-state index in [0.717, 1.165) is 78.6 Å². The zero-order valence-corrected chi connectivity index (χ0v) is 64.3. The molecule has 111 heavy (non-hydrogen) atoms. The maximum atomic E-state index is 5.25. The van der Waals surface area contributed by atoms with Crippen molar-refractivity contribution in [2.24, 2.45) is 0 Å². The maximum Gasteiger partial charge on any atom is 0.160 e. The molecular formula is C101H60BrN5S4. The second kappa shape index (κ2) is 26.9. The smallest absolute Gasteiger partial charge is 0.160 e. The van der Waals surface area contributed by atoms with Crippen LogP contribution in [-0.2, 0) is 6.42 Å². The van der Waals surface area contributed by atoms with Crippen molar-refractivity contribution >= 4 is 185 Å². The molecule has 24 rings (SSSR count). The van der Waals surface area contributed by atoms with E-state index < -0.39 is 0 Å². The van der Waals surface area contributed by atoms with E-state index in [9.17, 15) is 0 Å². The lowest BCUT2D eigenvalue weighted by atomic mass is 9.94. The summed E-state index contributed by atoms with van der Waals surface area (Å²) in [5.74, 6) is 1.43. The summed E-state index contributed by atoms with van der Waals surface area (Å²) < 4.78 is 14.2. The molecule has 0 atom stereocenters. The minimum Gasteiger partial charge on any atom is -0.309 e. The lowest BCUT2D eigenvalue weighted by molar-refractivity contribution is 1.17. The highest BCUT2D eigenvalue weighted by Gasteiger charge is 2.27. The van der Waals surface area contributed by atoms with Crippen LogP contribution in [0, 0.1) is 0 Å². The van der Waals surface area contributed by atoms with Gasteiger partial charge < -0.3 is 4.57 Å². The molecule has 0 saturated carbocycles. The molecule has 7 aromatic heterocycles. The van der Waals surface area contributed by atoms with Crippen molar-refractivity contribution in [1.82, 2.24) is 24.5 Å². The van der Waals surface area contributed by atoms with Crippen LogP contribution in [0.5, 0.6) is 0 Å². The average Bonchev–Trinajstić information content (AvgIpc) is 1.54. The molecule has 7 heterocycles. The van der Waals surface area contributed by atoms with Gasteiger partial charge in [-0.2, -0.15) is 0 Å². The molecule has 16 aromatic carbocycles. The van der Waals surface area contributed by atoms with Crippen LogP contribution >= 0.6 is 61.3 Å². The monoisotopic (exact) mass is 1550 g/mol. The molecule has 0 amide bonds. The Labute approximate surface area is 662 Å². The fourth-order valence-corrected chi connectivity index (χ4v) is 21.7. The van der Waals surface area contributed by atoms with Gasteiger partial charge in [-0.3, -0.25) is 0 Å². The van der Waals surface area contributed by atoms with Crippen molar-refractivity contribution in [2.75, 3.05) is 0 Å². The predicted octanol–water partition coefficient (Wildman–Crippen LogP) is 29.9. The first-order valence-electron chi connectivity index (χ1n) is 37.2. The normalized spacial score (nSPS) is 12.0. The molecule has 0 N–H and O–H groups in total. The quantitative estimate of drug-likeness (QED) is 0.160. The Morgan fingerprint density at radius 1 is 0.270 bits per heavy atom. The molecule has 0 radical (unpaired) electrons. The lowest BCUT2D eigenvalue weighted by Gasteiger charge is -2.12. The zero-order valence-electron chi connectivity index (χ0n) is 59.4. The molecule has 0 aliphatic heterocycles. The number of rotatable bonds is 7. The van der Waals surface area contributed by atoms with Crippen molar-refractivity contribution in [1.29, 1.82) is 0 Å². The Hall–Kier alpha value is -12.6. The number of hydrogen-bond acceptors (Lipinski definition) is 8. The number of hydrogen-bond donors (Lipinski definition) is 0. The number of benzene rings is 16. The van der Waals surface area contributed by atoms with Crippen LogP contribution < -0.4 is 0 Å². The van der Waals surface area contributed by atoms with E-state index >= 15 is 0 Å². The van der Waals surface area contributed by atoms with Gasteiger partial charge in [-0.15, -0.1) is 45.3 Å². The number of aromatic nitrogens is 5. The van der Waals surface area contributed by atoms with Gasteiger partial charge in [0.2, 0.25) is 0 Å². The summed E-state index contributed by atoms with van der Waals surface area (Å²) in [4.78, 5) is 20.3. The SMILES string of the molecule is Brc1ccc(-c2nc(-c3ccccc3)cc(-c3ccc4sc5ccccc5c4c3)n2)cc1.c1ccc(-c2cc(-c3ccc4sc5ccccc5c4c3)nc(-c3ccc(-n4c5ccccc5c5c6ccccc6c6sc7ccccc7c6c54)cc3)n2)cc1.c1ccc2c(c1)Cc1c-2c2ccccc2c2sc3ccccc3c12. The minimum atomic E-state index is 0.706. The van der Waals surface area contributed by atoms with Gasteiger partial charge >= 0.3 is 0 Å². The number of halogens is 1. The minimum absolute atomic E-state index is 0.706. The Balaban J connectivity index is 0.000000114. The molecule has 0 bridgehead atoms. The van der Waals surface area contributed by atoms with Crippen LogP contribution in [0.1, 0.15) is 11.1 Å². The zero-order chi connectivity index (χ0) is 73.2. The third-order valence-corrected chi connectivity index (χ3v) is 27.1. The maximum absolute atomic E-state index is 5.25. The number of nitrogens with zero attached hydrogens (tertiary/aromatic N) is 5. The van der Waals surface area contributed by atoms with Gasteiger partial charge in [0.25, 0.3) is 0 Å². The second-order valence-corrected chi connectivity index (χ2v) is 33.5. The Bertz CT molecular complexity index is 7690. The van der Waals surface area contributed by atoms with Crippen molar-refractivity contribution in [3.63, 3.8) is 0 Å². The molecule has 520 valence electrons. The third kappa shape index (κ3) is 11.2. The van der Waals surface area contributed by atoms with Crippen molar-refractivity contribution in [3.8, 4) is 84.6 Å². The van der Waals surface area contributed by atoms with E-state index in [4.69, 9.17) is 19.9 Å². The average molecular weight is 1550 g/mol. The summed E-state index contributed by atoms with van der Waals surface area (Å²) in [6, 6.07) is 126. The van der Waals surface area contributed by atoms with Gasteiger partial charge in [0.05, 0.1) is 33.8 Å². The van der Waals surface area contributed by atoms with E-state index in [-0.39, 0.29) is 0 Å². The summed E-state index contributed by atoms with van der Waals surface area (Å²) >= 11 is 11.0. The molecule has 1 aliphatic rings. The summed E-state index contributed by atoms with van der Waals surface area (Å²) in [5, 5.41) is 18.5. The largest absolute Gasteiger partial charge is 0.309 e. The van der Waals surface area contributed by atoms with Crippen molar-refractivity contribution in [3.05, 3.63) is 367 Å². The van der Waals surface area contributed by atoms with Crippen molar-refractivity contribution < 1.29 is 0 Å². The van der Waals surface area contributed by atoms with Crippen LogP contribution in [0.4, 0.5) is 0 Å². The summed E-state index contributed by atoms with van der Waals surface area (Å²) in [6.07, 6.45) is 1.05. The van der Waals surface area contributed by atoms with Crippen molar-refractivity contribution in [2.45, 2.75) is 6.42 Å². The first-order chi connectivity index (χ1) is 54.9. The van der Waals surface area contributed by atoms with E-state index in [1.807, 2.05) is 93.9 Å². The molecule has 0 unspecified atom stereocenters. The molecular weight excluding hydrogens is 1490 g/mol. The van der Waals surface area contributed by atoms with Gasteiger partial charge in [0.15, 0.2) is 11.6 Å². The number of para-hydroxylation sites is 1. The predicted molar refractivity (Wildman–Crippen MR) is 480 cm³/mol. The van der Waals surface area contributed by atoms with Gasteiger partial charge in [-0.25, -0.2) is 19.9 Å². The van der Waals surface area contributed by atoms with E-state index in [0.29, 0.717) is 5.82 Å². The number of thiophene rings is 4. The van der Waals surface area contributed by atoms with Crippen LogP contribution in [-0.4, -0.2) is 24.5 Å². The number of fused-ring (bicyclic) bond motifs is 26. The molecule has 23 aromatic rings. The first-order valence-corrected chi connectivity index (χ1v) is 41.3. The molecule has 0 saturated heterocycles. The van der Waals surface area contributed by atoms with Gasteiger partial charge in [-0.1, -0.05) is 265 Å². The lowest BCUT2D eigenvalue weighted by Crippen LogP contribution is -1.97. The highest BCUT2D eigenvalue weighted by molar-refractivity contribution is 9.10. The Kier molecular flexibility index (Phi) is 15.9. The molecule has 10 heteroatoms. The van der Waals surface area contributed by atoms with Crippen LogP contribution in [0.15, 0.2) is 356 Å². The molecule has 0 fully saturated rings.